The number of benzene rings is 3. The molecule has 1 unspecified atom stereocenters. The van der Waals surface area contributed by atoms with Crippen molar-refractivity contribution in [3.05, 3.63) is 82.4 Å². The van der Waals surface area contributed by atoms with Crippen LogP contribution >= 0.6 is 11.6 Å². The Labute approximate surface area is 216 Å². The van der Waals surface area contributed by atoms with Crippen molar-refractivity contribution >= 4 is 27.3 Å². The average molecular weight is 535 g/mol. The van der Waals surface area contributed by atoms with Crippen LogP contribution in [0, 0.1) is 0 Å². The van der Waals surface area contributed by atoms with Crippen LogP contribution < -0.4 is 19.5 Å². The summed E-state index contributed by atoms with van der Waals surface area (Å²) in [6, 6.07) is 18.0. The second-order valence-electron chi connectivity index (χ2n) is 8.47. The SMILES string of the molecule is COc1cc(C(Cc2ccccc2)NC[C@@H](O)Cc2ccc(O)c(NS(C)(=O)=O)c2)cc(Cl)c1OC. The number of phenols is 1. The standard InChI is InChI=1S/C26H31ClN2O6S/c1-34-25-15-19(14-21(27)26(25)35-2)22(12-17-7-5-4-6-8-17)28-16-20(30)11-18-9-10-24(31)23(13-18)29-36(3,32)33/h4-10,13-15,20,22,28-31H,11-12,16H2,1-3H3/t20-,22?/m0/s1. The first kappa shape index (κ1) is 27.6. The van der Waals surface area contributed by atoms with Gasteiger partial charge >= 0.3 is 0 Å². The van der Waals surface area contributed by atoms with E-state index in [0.29, 0.717) is 28.5 Å². The highest BCUT2D eigenvalue weighted by molar-refractivity contribution is 7.92. The molecule has 0 aliphatic carbocycles. The zero-order valence-electron chi connectivity index (χ0n) is 20.4. The molecule has 0 saturated heterocycles. The summed E-state index contributed by atoms with van der Waals surface area (Å²) in [6.45, 7) is 0.249. The number of nitrogens with one attached hydrogen (secondary N) is 2. The molecule has 2 atom stereocenters. The summed E-state index contributed by atoms with van der Waals surface area (Å²) in [4.78, 5) is 0. The van der Waals surface area contributed by atoms with E-state index in [9.17, 15) is 18.6 Å². The fraction of sp³-hybridized carbons (Fsp3) is 0.308. The van der Waals surface area contributed by atoms with Gasteiger partial charge in [-0.2, -0.15) is 0 Å². The first-order valence-corrected chi connectivity index (χ1v) is 13.5. The van der Waals surface area contributed by atoms with Crippen LogP contribution in [0.3, 0.4) is 0 Å². The van der Waals surface area contributed by atoms with Gasteiger partial charge < -0.3 is 25.0 Å². The molecule has 0 aliphatic heterocycles. The smallest absolute Gasteiger partial charge is 0.229 e. The number of phenolic OH excluding ortho intramolecular Hbond substituents is 1. The van der Waals surface area contributed by atoms with Crippen molar-refractivity contribution in [2.45, 2.75) is 25.0 Å². The molecule has 0 radical (unpaired) electrons. The van der Waals surface area contributed by atoms with E-state index in [1.54, 1.807) is 13.2 Å². The van der Waals surface area contributed by atoms with Gasteiger partial charge in [-0.15, -0.1) is 0 Å². The third-order valence-electron chi connectivity index (χ3n) is 5.57. The molecule has 3 aromatic carbocycles. The van der Waals surface area contributed by atoms with E-state index in [4.69, 9.17) is 21.1 Å². The molecule has 0 heterocycles. The van der Waals surface area contributed by atoms with Gasteiger partial charge in [0.2, 0.25) is 10.0 Å². The number of aliphatic hydroxyl groups excluding tert-OH is 1. The fourth-order valence-corrected chi connectivity index (χ4v) is 4.77. The summed E-state index contributed by atoms with van der Waals surface area (Å²) in [6.07, 6.45) is 1.11. The number of sulfonamides is 1. The minimum Gasteiger partial charge on any atom is -0.506 e. The molecule has 8 nitrogen and oxygen atoms in total. The van der Waals surface area contributed by atoms with E-state index in [-0.39, 0.29) is 30.4 Å². The molecular formula is C26H31ClN2O6S. The second kappa shape index (κ2) is 12.3. The van der Waals surface area contributed by atoms with Gasteiger partial charge in [-0.1, -0.05) is 48.0 Å². The highest BCUT2D eigenvalue weighted by Crippen LogP contribution is 2.38. The zero-order valence-corrected chi connectivity index (χ0v) is 21.9. The first-order valence-electron chi connectivity index (χ1n) is 11.3. The van der Waals surface area contributed by atoms with Gasteiger partial charge in [0.15, 0.2) is 11.5 Å². The third-order valence-corrected chi connectivity index (χ3v) is 6.44. The van der Waals surface area contributed by atoms with Crippen molar-refractivity contribution in [1.82, 2.24) is 5.32 Å². The van der Waals surface area contributed by atoms with E-state index in [2.05, 4.69) is 10.0 Å². The van der Waals surface area contributed by atoms with Crippen LogP contribution in [0.1, 0.15) is 22.7 Å². The number of rotatable bonds is 12. The molecule has 0 bridgehead atoms. The molecule has 0 fully saturated rings. The van der Waals surface area contributed by atoms with Crippen molar-refractivity contribution < 1.29 is 28.1 Å². The maximum absolute atomic E-state index is 11.6. The molecule has 0 saturated carbocycles. The molecule has 0 amide bonds. The number of aromatic hydroxyl groups is 1. The number of hydrogen-bond donors (Lipinski definition) is 4. The molecule has 3 aromatic rings. The van der Waals surface area contributed by atoms with E-state index in [1.165, 1.54) is 19.2 Å². The van der Waals surface area contributed by atoms with Crippen LogP contribution in [0.2, 0.25) is 5.02 Å². The number of ether oxygens (including phenoxy) is 2. The molecular weight excluding hydrogens is 504 g/mol. The van der Waals surface area contributed by atoms with Crippen LogP contribution in [0.25, 0.3) is 0 Å². The predicted molar refractivity (Wildman–Crippen MR) is 142 cm³/mol. The van der Waals surface area contributed by atoms with Crippen molar-refractivity contribution in [3.8, 4) is 17.2 Å². The molecule has 194 valence electrons. The van der Waals surface area contributed by atoms with E-state index in [1.807, 2.05) is 42.5 Å². The summed E-state index contributed by atoms with van der Waals surface area (Å²) in [5.41, 5.74) is 2.71. The lowest BCUT2D eigenvalue weighted by atomic mass is 9.97. The molecule has 0 aromatic heterocycles. The van der Waals surface area contributed by atoms with Crippen molar-refractivity contribution in [3.63, 3.8) is 0 Å². The molecule has 3 rings (SSSR count). The minimum absolute atomic E-state index is 0.0667. The number of methoxy groups -OCH3 is 2. The minimum atomic E-state index is -3.56. The second-order valence-corrected chi connectivity index (χ2v) is 10.6. The van der Waals surface area contributed by atoms with Crippen molar-refractivity contribution in [2.24, 2.45) is 0 Å². The Morgan fingerprint density at radius 3 is 2.33 bits per heavy atom. The molecule has 4 N–H and O–H groups in total. The van der Waals surface area contributed by atoms with Crippen molar-refractivity contribution in [1.29, 1.82) is 0 Å². The Hall–Kier alpha value is -2.98. The lowest BCUT2D eigenvalue weighted by molar-refractivity contribution is 0.167. The lowest BCUT2D eigenvalue weighted by Crippen LogP contribution is -2.32. The summed E-state index contributed by atoms with van der Waals surface area (Å²) in [7, 11) is -0.481. The monoisotopic (exact) mass is 534 g/mol. The van der Waals surface area contributed by atoms with E-state index >= 15 is 0 Å². The molecule has 0 aliphatic rings. The molecule has 10 heteroatoms. The zero-order chi connectivity index (χ0) is 26.3. The fourth-order valence-electron chi connectivity index (χ4n) is 3.91. The Bertz CT molecular complexity index is 1270. The summed E-state index contributed by atoms with van der Waals surface area (Å²) in [5, 5.41) is 24.5. The van der Waals surface area contributed by atoms with Gasteiger partial charge in [-0.05, 0) is 53.8 Å². The maximum atomic E-state index is 11.6. The lowest BCUT2D eigenvalue weighted by Gasteiger charge is -2.23. The number of hydrogen-bond acceptors (Lipinski definition) is 7. The van der Waals surface area contributed by atoms with Gasteiger partial charge in [0, 0.05) is 12.6 Å². The Balaban J connectivity index is 1.78. The van der Waals surface area contributed by atoms with Crippen LogP contribution in [-0.2, 0) is 22.9 Å². The normalized spacial score (nSPS) is 13.1. The topological polar surface area (TPSA) is 117 Å². The van der Waals surface area contributed by atoms with Crippen LogP contribution in [0.4, 0.5) is 5.69 Å². The van der Waals surface area contributed by atoms with E-state index < -0.39 is 16.1 Å². The summed E-state index contributed by atoms with van der Waals surface area (Å²) in [5.74, 6) is 0.771. The summed E-state index contributed by atoms with van der Waals surface area (Å²) >= 11 is 6.45. The van der Waals surface area contributed by atoms with Gasteiger partial charge in [-0.25, -0.2) is 8.42 Å². The Morgan fingerprint density at radius 2 is 1.69 bits per heavy atom. The van der Waals surface area contributed by atoms with Gasteiger partial charge in [-0.3, -0.25) is 4.72 Å². The molecule has 36 heavy (non-hydrogen) atoms. The first-order chi connectivity index (χ1) is 17.1. The number of aliphatic hydroxyl groups is 1. The predicted octanol–water partition coefficient (Wildman–Crippen LogP) is 3.91. The van der Waals surface area contributed by atoms with Gasteiger partial charge in [0.1, 0.15) is 5.75 Å². The third kappa shape index (κ3) is 7.76. The van der Waals surface area contributed by atoms with Crippen LogP contribution in [-0.4, -0.2) is 51.8 Å². The van der Waals surface area contributed by atoms with Crippen LogP contribution in [0.5, 0.6) is 17.2 Å². The molecule has 0 spiro atoms. The van der Waals surface area contributed by atoms with Crippen LogP contribution in [0.15, 0.2) is 60.7 Å². The van der Waals surface area contributed by atoms with Gasteiger partial charge in [0.25, 0.3) is 0 Å². The Kier molecular flexibility index (Phi) is 9.44. The number of anilines is 1. The quantitative estimate of drug-likeness (QED) is 0.260. The number of halogens is 1. The van der Waals surface area contributed by atoms with Crippen molar-refractivity contribution in [2.75, 3.05) is 31.7 Å². The highest BCUT2D eigenvalue weighted by Gasteiger charge is 2.19. The highest BCUT2D eigenvalue weighted by atomic mass is 35.5. The van der Waals surface area contributed by atoms with E-state index in [0.717, 1.165) is 17.4 Å². The summed E-state index contributed by atoms with van der Waals surface area (Å²) < 4.78 is 36.2. The van der Waals surface area contributed by atoms with Gasteiger partial charge in [0.05, 0.1) is 37.3 Å². The Morgan fingerprint density at radius 1 is 0.972 bits per heavy atom. The maximum Gasteiger partial charge on any atom is 0.229 e. The largest absolute Gasteiger partial charge is 0.506 e. The average Bonchev–Trinajstić information content (AvgIpc) is 2.83.